The van der Waals surface area contributed by atoms with Crippen molar-refractivity contribution >= 4 is 27.5 Å². The number of anilines is 1. The van der Waals surface area contributed by atoms with Gasteiger partial charge in [-0.2, -0.15) is 5.10 Å². The number of benzene rings is 1. The highest BCUT2D eigenvalue weighted by Gasteiger charge is 2.14. The number of hydrogen-bond acceptors (Lipinski definition) is 2. The molecule has 0 atom stereocenters. The number of nitrogens with zero attached hydrogens (tertiary/aromatic N) is 2. The first-order valence-electron chi connectivity index (χ1n) is 5.24. The highest BCUT2D eigenvalue weighted by atomic mass is 79.9. The first kappa shape index (κ1) is 12.8. The number of hydrogen-bond donors (Lipinski definition) is 1. The summed E-state index contributed by atoms with van der Waals surface area (Å²) in [5.41, 5.74) is 0.981. The summed E-state index contributed by atoms with van der Waals surface area (Å²) in [6.45, 7) is 1.64. The largest absolute Gasteiger partial charge is 0.318 e. The van der Waals surface area contributed by atoms with Crippen LogP contribution in [0.1, 0.15) is 16.1 Å². The van der Waals surface area contributed by atoms with Gasteiger partial charge >= 0.3 is 0 Å². The second-order valence-corrected chi connectivity index (χ2v) is 4.68. The van der Waals surface area contributed by atoms with E-state index >= 15 is 0 Å². The van der Waals surface area contributed by atoms with Crippen LogP contribution in [0.4, 0.5) is 10.1 Å². The average molecular weight is 312 g/mol. The van der Waals surface area contributed by atoms with Crippen LogP contribution in [0.2, 0.25) is 0 Å². The first-order valence-corrected chi connectivity index (χ1v) is 6.04. The Labute approximate surface area is 112 Å². The van der Waals surface area contributed by atoms with Crippen LogP contribution >= 0.6 is 15.9 Å². The molecule has 0 aliphatic heterocycles. The summed E-state index contributed by atoms with van der Waals surface area (Å²) in [5.74, 6) is -0.837. The van der Waals surface area contributed by atoms with Gasteiger partial charge in [-0.25, -0.2) is 4.39 Å². The Hall–Kier alpha value is -1.69. The van der Waals surface area contributed by atoms with E-state index in [2.05, 4.69) is 26.3 Å². The van der Waals surface area contributed by atoms with E-state index in [1.165, 1.54) is 16.9 Å². The molecule has 6 heteroatoms. The van der Waals surface area contributed by atoms with Gasteiger partial charge in [-0.05, 0) is 25.1 Å². The fourth-order valence-corrected chi connectivity index (χ4v) is 1.85. The molecule has 0 aliphatic carbocycles. The predicted octanol–water partition coefficient (Wildman–Crippen LogP) is 2.88. The number of carbonyl (C=O) groups is 1. The predicted molar refractivity (Wildman–Crippen MR) is 70.0 cm³/mol. The maximum absolute atomic E-state index is 13.9. The van der Waals surface area contributed by atoms with Gasteiger partial charge in [-0.3, -0.25) is 9.48 Å². The molecule has 94 valence electrons. The molecule has 0 bridgehead atoms. The van der Waals surface area contributed by atoms with Gasteiger partial charge in [0.05, 0.1) is 5.69 Å². The van der Waals surface area contributed by atoms with Crippen molar-refractivity contribution in [3.05, 3.63) is 45.9 Å². The fraction of sp³-hybridized carbons (Fsp3) is 0.167. The summed E-state index contributed by atoms with van der Waals surface area (Å²) < 4.78 is 16.0. The Morgan fingerprint density at radius 1 is 1.44 bits per heavy atom. The summed E-state index contributed by atoms with van der Waals surface area (Å²) in [5, 5.41) is 6.41. The fourth-order valence-electron chi connectivity index (χ4n) is 1.54. The summed E-state index contributed by atoms with van der Waals surface area (Å²) in [6, 6.07) is 4.77. The van der Waals surface area contributed by atoms with Crippen LogP contribution in [-0.2, 0) is 7.05 Å². The molecule has 0 unspecified atom stereocenters. The monoisotopic (exact) mass is 311 g/mol. The quantitative estimate of drug-likeness (QED) is 0.927. The number of halogens is 2. The third-order valence-electron chi connectivity index (χ3n) is 2.62. The van der Waals surface area contributed by atoms with Gasteiger partial charge in [0.15, 0.2) is 5.82 Å². The molecule has 18 heavy (non-hydrogen) atoms. The van der Waals surface area contributed by atoms with Crippen LogP contribution in [0, 0.1) is 12.7 Å². The molecule has 1 amide bonds. The van der Waals surface area contributed by atoms with E-state index in [1.54, 1.807) is 26.1 Å². The van der Waals surface area contributed by atoms with Crippen LogP contribution < -0.4 is 5.32 Å². The second kappa shape index (κ2) is 4.89. The third-order valence-corrected chi connectivity index (χ3v) is 3.48. The average Bonchev–Trinajstić information content (AvgIpc) is 2.76. The van der Waals surface area contributed by atoms with Crippen LogP contribution in [0.5, 0.6) is 0 Å². The van der Waals surface area contributed by atoms with E-state index in [0.29, 0.717) is 15.7 Å². The third kappa shape index (κ3) is 2.28. The first-order chi connectivity index (χ1) is 8.50. The van der Waals surface area contributed by atoms with E-state index in [9.17, 15) is 9.18 Å². The van der Waals surface area contributed by atoms with Crippen LogP contribution in [0.3, 0.4) is 0 Å². The van der Waals surface area contributed by atoms with Gasteiger partial charge in [0.2, 0.25) is 0 Å². The molecule has 0 saturated heterocycles. The zero-order valence-corrected chi connectivity index (χ0v) is 11.5. The van der Waals surface area contributed by atoms with Crippen molar-refractivity contribution in [2.75, 3.05) is 5.32 Å². The Balaban J connectivity index is 2.28. The van der Waals surface area contributed by atoms with Crippen molar-refractivity contribution < 1.29 is 9.18 Å². The number of amides is 1. The molecule has 1 heterocycles. The van der Waals surface area contributed by atoms with E-state index in [4.69, 9.17) is 0 Å². The van der Waals surface area contributed by atoms with Crippen LogP contribution in [0.25, 0.3) is 0 Å². The maximum Gasteiger partial charge on any atom is 0.273 e. The van der Waals surface area contributed by atoms with Gasteiger partial charge in [0, 0.05) is 23.3 Å². The van der Waals surface area contributed by atoms with E-state index < -0.39 is 11.7 Å². The van der Waals surface area contributed by atoms with Crippen LogP contribution in [0.15, 0.2) is 28.9 Å². The molecule has 2 aromatic rings. The number of rotatable bonds is 2. The molecule has 0 aliphatic rings. The van der Waals surface area contributed by atoms with Crippen molar-refractivity contribution in [2.45, 2.75) is 6.92 Å². The Kier molecular flexibility index (Phi) is 3.47. The highest BCUT2D eigenvalue weighted by molar-refractivity contribution is 9.10. The van der Waals surface area contributed by atoms with E-state index in [0.717, 1.165) is 0 Å². The van der Waals surface area contributed by atoms with Gasteiger partial charge in [-0.15, -0.1) is 0 Å². The molecule has 1 aromatic heterocycles. The molecular formula is C12H11BrFN3O. The Morgan fingerprint density at radius 2 is 2.17 bits per heavy atom. The number of aromatic nitrogens is 2. The van der Waals surface area contributed by atoms with Crippen molar-refractivity contribution in [3.63, 3.8) is 0 Å². The minimum Gasteiger partial charge on any atom is -0.318 e. The van der Waals surface area contributed by atoms with Crippen molar-refractivity contribution in [2.24, 2.45) is 7.05 Å². The van der Waals surface area contributed by atoms with E-state index in [-0.39, 0.29) is 5.69 Å². The molecule has 1 aromatic carbocycles. The summed E-state index contributed by atoms with van der Waals surface area (Å²) >= 11 is 3.23. The Morgan fingerprint density at radius 3 is 2.78 bits per heavy atom. The zero-order valence-electron chi connectivity index (χ0n) is 9.87. The SMILES string of the molecule is Cc1c(Br)ccc(NC(=O)c2ccnn2C)c1F. The highest BCUT2D eigenvalue weighted by Crippen LogP contribution is 2.25. The molecule has 2 rings (SSSR count). The minimum absolute atomic E-state index is 0.155. The van der Waals surface area contributed by atoms with Gasteiger partial charge in [0.1, 0.15) is 5.69 Å². The summed E-state index contributed by atoms with van der Waals surface area (Å²) in [7, 11) is 1.65. The topological polar surface area (TPSA) is 46.9 Å². The lowest BCUT2D eigenvalue weighted by molar-refractivity contribution is 0.101. The summed E-state index contributed by atoms with van der Waals surface area (Å²) in [6.07, 6.45) is 1.51. The molecule has 0 radical (unpaired) electrons. The van der Waals surface area contributed by atoms with Gasteiger partial charge < -0.3 is 5.32 Å². The van der Waals surface area contributed by atoms with Crippen molar-refractivity contribution in [1.29, 1.82) is 0 Å². The molecule has 0 fully saturated rings. The molecule has 0 saturated carbocycles. The smallest absolute Gasteiger partial charge is 0.273 e. The van der Waals surface area contributed by atoms with Gasteiger partial charge in [0.25, 0.3) is 5.91 Å². The van der Waals surface area contributed by atoms with Crippen molar-refractivity contribution in [3.8, 4) is 0 Å². The number of nitrogens with one attached hydrogen (secondary N) is 1. The van der Waals surface area contributed by atoms with Gasteiger partial charge in [-0.1, -0.05) is 15.9 Å². The summed E-state index contributed by atoms with van der Waals surface area (Å²) in [4.78, 5) is 11.9. The zero-order chi connectivity index (χ0) is 13.3. The number of carbonyl (C=O) groups excluding carboxylic acids is 1. The molecular weight excluding hydrogens is 301 g/mol. The second-order valence-electron chi connectivity index (χ2n) is 3.83. The van der Waals surface area contributed by atoms with E-state index in [1.807, 2.05) is 0 Å². The Bertz CT molecular complexity index is 609. The molecule has 1 N–H and O–H groups in total. The minimum atomic E-state index is -0.445. The van der Waals surface area contributed by atoms with Crippen molar-refractivity contribution in [1.82, 2.24) is 9.78 Å². The maximum atomic E-state index is 13.9. The van der Waals surface area contributed by atoms with Crippen LogP contribution in [-0.4, -0.2) is 15.7 Å². The number of aryl methyl sites for hydroxylation is 1. The molecule has 0 spiro atoms. The lowest BCUT2D eigenvalue weighted by Gasteiger charge is -2.09. The molecule has 4 nitrogen and oxygen atoms in total. The standard InChI is InChI=1S/C12H11BrFN3O/c1-7-8(13)3-4-9(11(7)14)16-12(18)10-5-6-15-17(10)2/h3-6H,1-2H3,(H,16,18). The lowest BCUT2D eigenvalue weighted by Crippen LogP contribution is -2.17. The lowest BCUT2D eigenvalue weighted by atomic mass is 10.2. The normalized spacial score (nSPS) is 10.4.